The number of methoxy groups -OCH3 is 2. The fraction of sp³-hybridized carbons (Fsp3) is 0.381. The van der Waals surface area contributed by atoms with Gasteiger partial charge in [-0.2, -0.15) is 5.10 Å². The van der Waals surface area contributed by atoms with Crippen LogP contribution in [0.1, 0.15) is 31.1 Å². The smallest absolute Gasteiger partial charge is 0.150 e. The first-order valence-electron chi connectivity index (χ1n) is 9.04. The van der Waals surface area contributed by atoms with Gasteiger partial charge in [0.1, 0.15) is 17.2 Å². The van der Waals surface area contributed by atoms with Crippen molar-refractivity contribution >= 4 is 10.9 Å². The molecule has 1 atom stereocenters. The maximum absolute atomic E-state index is 6.01. The van der Waals surface area contributed by atoms with Crippen molar-refractivity contribution in [2.45, 2.75) is 32.4 Å². The first kappa shape index (κ1) is 16.9. The van der Waals surface area contributed by atoms with Crippen molar-refractivity contribution in [1.82, 2.24) is 9.78 Å². The maximum Gasteiger partial charge on any atom is 0.150 e. The van der Waals surface area contributed by atoms with E-state index in [0.717, 1.165) is 65.1 Å². The number of nitrogens with zero attached hydrogens (tertiary/aromatic N) is 2. The molecule has 0 amide bonds. The molecule has 0 radical (unpaired) electrons. The van der Waals surface area contributed by atoms with E-state index in [2.05, 4.69) is 19.1 Å². The zero-order valence-corrected chi connectivity index (χ0v) is 15.5. The monoisotopic (exact) mass is 352 g/mol. The summed E-state index contributed by atoms with van der Waals surface area (Å²) in [6.45, 7) is 2.86. The predicted octanol–water partition coefficient (Wildman–Crippen LogP) is 4.73. The van der Waals surface area contributed by atoms with Crippen LogP contribution in [0.5, 0.6) is 11.5 Å². The minimum Gasteiger partial charge on any atom is -0.497 e. The van der Waals surface area contributed by atoms with E-state index in [0.29, 0.717) is 0 Å². The number of hydrogen-bond donors (Lipinski definition) is 0. The number of aromatic nitrogens is 2. The highest BCUT2D eigenvalue weighted by atomic mass is 16.5. The number of rotatable bonds is 4. The Labute approximate surface area is 153 Å². The Morgan fingerprint density at radius 2 is 1.88 bits per heavy atom. The molecule has 0 bridgehead atoms. The molecule has 26 heavy (non-hydrogen) atoms. The first-order valence-corrected chi connectivity index (χ1v) is 9.04. The van der Waals surface area contributed by atoms with Gasteiger partial charge in [0.15, 0.2) is 6.23 Å². The van der Waals surface area contributed by atoms with Gasteiger partial charge < -0.3 is 14.2 Å². The lowest BCUT2D eigenvalue weighted by atomic mass is 10.0. The zero-order valence-electron chi connectivity index (χ0n) is 15.5. The van der Waals surface area contributed by atoms with Gasteiger partial charge in [0.05, 0.1) is 25.1 Å². The molecule has 0 N–H and O–H groups in total. The highest BCUT2D eigenvalue weighted by Gasteiger charge is 2.24. The van der Waals surface area contributed by atoms with E-state index in [1.165, 1.54) is 0 Å². The average molecular weight is 352 g/mol. The summed E-state index contributed by atoms with van der Waals surface area (Å²) < 4.78 is 19.0. The van der Waals surface area contributed by atoms with Crippen molar-refractivity contribution in [2.75, 3.05) is 20.8 Å². The van der Waals surface area contributed by atoms with E-state index in [1.807, 2.05) is 28.9 Å². The Balaban J connectivity index is 1.93. The van der Waals surface area contributed by atoms with Crippen LogP contribution in [0.25, 0.3) is 22.2 Å². The molecule has 136 valence electrons. The van der Waals surface area contributed by atoms with Crippen LogP contribution in [0.4, 0.5) is 0 Å². The predicted molar refractivity (Wildman–Crippen MR) is 102 cm³/mol. The minimum atomic E-state index is -0.0234. The van der Waals surface area contributed by atoms with Crippen molar-refractivity contribution in [3.8, 4) is 22.8 Å². The maximum atomic E-state index is 6.01. The fourth-order valence-corrected chi connectivity index (χ4v) is 3.61. The topological polar surface area (TPSA) is 45.5 Å². The summed E-state index contributed by atoms with van der Waals surface area (Å²) in [5, 5.41) is 5.98. The molecule has 3 aromatic rings. The van der Waals surface area contributed by atoms with Crippen LogP contribution < -0.4 is 9.47 Å². The third-order valence-corrected chi connectivity index (χ3v) is 4.93. The standard InChI is InChI=1S/C21H24N2O3/c1-14-12-17-20(18(13-14)25-3)21(15-7-9-16(24-2)10-8-15)22-23(17)19-6-4-5-11-26-19/h7-10,12-13,19H,4-6,11H2,1-3H3. The van der Waals surface area contributed by atoms with E-state index in [4.69, 9.17) is 19.3 Å². The zero-order chi connectivity index (χ0) is 18.1. The van der Waals surface area contributed by atoms with Crippen molar-refractivity contribution in [1.29, 1.82) is 0 Å². The van der Waals surface area contributed by atoms with Crippen LogP contribution in [0, 0.1) is 6.92 Å². The summed E-state index contributed by atoms with van der Waals surface area (Å²) in [6, 6.07) is 12.2. The van der Waals surface area contributed by atoms with Crippen molar-refractivity contribution in [2.24, 2.45) is 0 Å². The number of ether oxygens (including phenoxy) is 3. The van der Waals surface area contributed by atoms with Gasteiger partial charge in [-0.15, -0.1) is 0 Å². The van der Waals surface area contributed by atoms with Gasteiger partial charge >= 0.3 is 0 Å². The summed E-state index contributed by atoms with van der Waals surface area (Å²) in [5.41, 5.74) is 4.15. The molecule has 0 spiro atoms. The number of hydrogen-bond acceptors (Lipinski definition) is 4. The molecule has 5 heteroatoms. The van der Waals surface area contributed by atoms with E-state index in [1.54, 1.807) is 14.2 Å². The second-order valence-corrected chi connectivity index (χ2v) is 6.70. The van der Waals surface area contributed by atoms with Gasteiger partial charge in [0.25, 0.3) is 0 Å². The minimum absolute atomic E-state index is 0.0234. The third-order valence-electron chi connectivity index (χ3n) is 4.93. The molecular weight excluding hydrogens is 328 g/mol. The third kappa shape index (κ3) is 2.92. The summed E-state index contributed by atoms with van der Waals surface area (Å²) in [5.74, 6) is 1.67. The van der Waals surface area contributed by atoms with Crippen LogP contribution in [0.15, 0.2) is 36.4 Å². The Bertz CT molecular complexity index is 909. The van der Waals surface area contributed by atoms with Gasteiger partial charge in [-0.3, -0.25) is 0 Å². The largest absolute Gasteiger partial charge is 0.497 e. The van der Waals surface area contributed by atoms with E-state index >= 15 is 0 Å². The summed E-state index contributed by atoms with van der Waals surface area (Å²) in [6.07, 6.45) is 3.23. The molecule has 2 heterocycles. The Kier molecular flexibility index (Phi) is 4.55. The van der Waals surface area contributed by atoms with Crippen LogP contribution in [0.3, 0.4) is 0 Å². The summed E-state index contributed by atoms with van der Waals surface area (Å²) in [4.78, 5) is 0. The number of fused-ring (bicyclic) bond motifs is 1. The second kappa shape index (κ2) is 7.00. The molecule has 0 aliphatic carbocycles. The number of benzene rings is 2. The summed E-state index contributed by atoms with van der Waals surface area (Å²) in [7, 11) is 3.38. The van der Waals surface area contributed by atoms with Gasteiger partial charge in [-0.05, 0) is 68.1 Å². The van der Waals surface area contributed by atoms with Gasteiger partial charge in [0, 0.05) is 12.2 Å². The van der Waals surface area contributed by atoms with Crippen molar-refractivity contribution < 1.29 is 14.2 Å². The lowest BCUT2D eigenvalue weighted by molar-refractivity contribution is -0.0365. The molecule has 2 aromatic carbocycles. The molecule has 1 aromatic heterocycles. The summed E-state index contributed by atoms with van der Waals surface area (Å²) >= 11 is 0. The van der Waals surface area contributed by atoms with Crippen LogP contribution in [0.2, 0.25) is 0 Å². The molecule has 5 nitrogen and oxygen atoms in total. The molecule has 1 aliphatic rings. The normalized spacial score (nSPS) is 17.4. The molecule has 1 aliphatic heterocycles. The molecular formula is C21H24N2O3. The SMILES string of the molecule is COc1ccc(-c2nn(C3CCCCO3)c3cc(C)cc(OC)c23)cc1. The van der Waals surface area contributed by atoms with Crippen LogP contribution in [-0.4, -0.2) is 30.6 Å². The van der Waals surface area contributed by atoms with E-state index in [9.17, 15) is 0 Å². The first-order chi connectivity index (χ1) is 12.7. The molecule has 1 saturated heterocycles. The highest BCUT2D eigenvalue weighted by molar-refractivity contribution is 5.98. The Morgan fingerprint density at radius 3 is 2.54 bits per heavy atom. The Morgan fingerprint density at radius 1 is 1.08 bits per heavy atom. The molecule has 1 unspecified atom stereocenters. The Hall–Kier alpha value is -2.53. The van der Waals surface area contributed by atoms with Crippen molar-refractivity contribution in [3.63, 3.8) is 0 Å². The fourth-order valence-electron chi connectivity index (χ4n) is 3.61. The quantitative estimate of drug-likeness (QED) is 0.681. The molecule has 4 rings (SSSR count). The lowest BCUT2D eigenvalue weighted by Gasteiger charge is -2.23. The molecule has 0 saturated carbocycles. The van der Waals surface area contributed by atoms with E-state index < -0.39 is 0 Å². The van der Waals surface area contributed by atoms with E-state index in [-0.39, 0.29) is 6.23 Å². The lowest BCUT2D eigenvalue weighted by Crippen LogP contribution is -2.19. The van der Waals surface area contributed by atoms with Gasteiger partial charge in [-0.25, -0.2) is 4.68 Å². The molecule has 1 fully saturated rings. The van der Waals surface area contributed by atoms with Gasteiger partial charge in [0.2, 0.25) is 0 Å². The average Bonchev–Trinajstić information content (AvgIpc) is 3.07. The van der Waals surface area contributed by atoms with Crippen LogP contribution >= 0.6 is 0 Å². The van der Waals surface area contributed by atoms with Crippen LogP contribution in [-0.2, 0) is 4.74 Å². The van der Waals surface area contributed by atoms with Crippen molar-refractivity contribution in [3.05, 3.63) is 42.0 Å². The number of aryl methyl sites for hydroxylation is 1. The van der Waals surface area contributed by atoms with Gasteiger partial charge in [-0.1, -0.05) is 0 Å². The second-order valence-electron chi connectivity index (χ2n) is 6.70. The highest BCUT2D eigenvalue weighted by Crippen LogP contribution is 2.39.